The largest absolute Gasteiger partial charge is 0.382 e. The van der Waals surface area contributed by atoms with Gasteiger partial charge in [0.05, 0.1) is 6.04 Å². The Hall–Kier alpha value is -2.51. The zero-order chi connectivity index (χ0) is 14.9. The van der Waals surface area contributed by atoms with Gasteiger partial charge in [-0.2, -0.15) is 4.68 Å². The molecule has 0 unspecified atom stereocenters. The number of aromatic nitrogens is 3. The summed E-state index contributed by atoms with van der Waals surface area (Å²) in [5, 5.41) is 4.03. The van der Waals surface area contributed by atoms with Crippen molar-refractivity contribution < 1.29 is 4.84 Å². The highest BCUT2D eigenvalue weighted by molar-refractivity contribution is 5.80. The highest BCUT2D eigenvalue weighted by Crippen LogP contribution is 2.38. The number of amidine groups is 1. The lowest BCUT2D eigenvalue weighted by Crippen LogP contribution is -2.64. The molecule has 110 valence electrons. The first kappa shape index (κ1) is 12.2. The third-order valence-electron chi connectivity index (χ3n) is 4.55. The van der Waals surface area contributed by atoms with Crippen LogP contribution in [0.2, 0.25) is 0 Å². The zero-order valence-corrected chi connectivity index (χ0v) is 11.9. The van der Waals surface area contributed by atoms with Gasteiger partial charge in [0.2, 0.25) is 5.66 Å². The summed E-state index contributed by atoms with van der Waals surface area (Å²) >= 11 is 0. The number of nitrogens with zero attached hydrogens (tertiary/aromatic N) is 5. The molecule has 2 bridgehead atoms. The normalized spacial score (nSPS) is 32.3. The van der Waals surface area contributed by atoms with Crippen molar-refractivity contribution in [1.82, 2.24) is 18.8 Å². The number of likely N-dealkylation sites (N-methyl/N-ethyl adjacent to an activating group) is 1. The van der Waals surface area contributed by atoms with E-state index in [0.29, 0.717) is 5.84 Å². The third kappa shape index (κ3) is 1.19. The molecule has 21 heavy (non-hydrogen) atoms. The maximum Gasteiger partial charge on any atom is 0.349 e. The summed E-state index contributed by atoms with van der Waals surface area (Å²) in [7, 11) is 3.32. The third-order valence-corrected chi connectivity index (χ3v) is 4.55. The fourth-order valence-corrected chi connectivity index (χ4v) is 3.26. The van der Waals surface area contributed by atoms with Crippen molar-refractivity contribution in [3.05, 3.63) is 45.3 Å². The van der Waals surface area contributed by atoms with Crippen LogP contribution < -0.4 is 11.4 Å². The second-order valence-electron chi connectivity index (χ2n) is 5.52. The van der Waals surface area contributed by atoms with E-state index in [1.165, 1.54) is 16.4 Å². The molecule has 0 saturated carbocycles. The Bertz CT molecular complexity index is 839. The summed E-state index contributed by atoms with van der Waals surface area (Å²) in [6.07, 6.45) is 7.07. The molecule has 3 aliphatic heterocycles. The summed E-state index contributed by atoms with van der Waals surface area (Å²) in [5.74, 6) is 0.638. The maximum atomic E-state index is 12.6. The average molecular weight is 289 g/mol. The first-order chi connectivity index (χ1) is 9.98. The Labute approximate surface area is 119 Å². The molecule has 3 atom stereocenters. The topological polar surface area (TPSA) is 73.8 Å². The minimum absolute atomic E-state index is 0.292. The molecule has 0 aromatic carbocycles. The standard InChI is InChI=1S/C13H15N5O3/c1-8-14-21-10-5-4-9-6-7-13(10,16(8)3)18-12(20)15(2)11(19)17(9)18/h4-7,9-10H,1-3H3/t9-,10-,13-/m1/s1. The van der Waals surface area contributed by atoms with Crippen molar-refractivity contribution in [2.75, 3.05) is 7.05 Å². The Morgan fingerprint density at radius 2 is 1.95 bits per heavy atom. The Kier molecular flexibility index (Phi) is 2.08. The number of rotatable bonds is 0. The van der Waals surface area contributed by atoms with E-state index < -0.39 is 11.8 Å². The first-order valence-electron chi connectivity index (χ1n) is 6.71. The molecular formula is C13H15N5O3. The van der Waals surface area contributed by atoms with Gasteiger partial charge in [-0.15, -0.1) is 0 Å². The van der Waals surface area contributed by atoms with Crippen LogP contribution >= 0.6 is 0 Å². The number of oxime groups is 1. The minimum atomic E-state index is -0.910. The van der Waals surface area contributed by atoms with Gasteiger partial charge in [0.15, 0.2) is 6.10 Å². The number of allylic oxidation sites excluding steroid dienone is 2. The van der Waals surface area contributed by atoms with Crippen molar-refractivity contribution in [2.45, 2.75) is 24.7 Å². The Morgan fingerprint density at radius 1 is 1.19 bits per heavy atom. The molecule has 1 aliphatic carbocycles. The smallest absolute Gasteiger partial charge is 0.349 e. The van der Waals surface area contributed by atoms with Gasteiger partial charge in [0, 0.05) is 14.1 Å². The summed E-state index contributed by atoms with van der Waals surface area (Å²) in [4.78, 5) is 32.4. The Morgan fingerprint density at radius 3 is 2.71 bits per heavy atom. The number of hydrogen-bond acceptors (Lipinski definition) is 5. The van der Waals surface area contributed by atoms with E-state index in [-0.39, 0.29) is 17.4 Å². The second kappa shape index (κ2) is 3.57. The Balaban J connectivity index is 2.16. The van der Waals surface area contributed by atoms with Crippen molar-refractivity contribution in [2.24, 2.45) is 12.2 Å². The van der Waals surface area contributed by atoms with Crippen LogP contribution in [0.1, 0.15) is 13.0 Å². The molecular weight excluding hydrogens is 274 g/mol. The van der Waals surface area contributed by atoms with Gasteiger partial charge in [-0.05, 0) is 19.1 Å². The molecule has 8 nitrogen and oxygen atoms in total. The van der Waals surface area contributed by atoms with Gasteiger partial charge in [-0.25, -0.2) is 18.8 Å². The lowest BCUT2D eigenvalue weighted by molar-refractivity contribution is -0.0695. The quantitative estimate of drug-likeness (QED) is 0.595. The van der Waals surface area contributed by atoms with Gasteiger partial charge >= 0.3 is 11.4 Å². The first-order valence-corrected chi connectivity index (χ1v) is 6.71. The predicted octanol–water partition coefficient (Wildman–Crippen LogP) is -0.654. The van der Waals surface area contributed by atoms with Crippen LogP contribution in [-0.4, -0.2) is 37.8 Å². The molecule has 0 fully saturated rings. The van der Waals surface area contributed by atoms with Crippen LogP contribution in [0.3, 0.4) is 0 Å². The molecule has 5 rings (SSSR count). The molecule has 0 radical (unpaired) electrons. The van der Waals surface area contributed by atoms with E-state index in [4.69, 9.17) is 4.84 Å². The van der Waals surface area contributed by atoms with Crippen LogP contribution in [0.25, 0.3) is 0 Å². The summed E-state index contributed by atoms with van der Waals surface area (Å²) in [5.41, 5.74) is -1.62. The molecule has 1 spiro atoms. The zero-order valence-electron chi connectivity index (χ0n) is 11.9. The van der Waals surface area contributed by atoms with E-state index in [9.17, 15) is 9.59 Å². The summed E-state index contributed by atoms with van der Waals surface area (Å²) < 4.78 is 4.06. The van der Waals surface area contributed by atoms with Crippen LogP contribution in [0.4, 0.5) is 0 Å². The monoisotopic (exact) mass is 289 g/mol. The molecule has 0 amide bonds. The van der Waals surface area contributed by atoms with Crippen molar-refractivity contribution in [3.63, 3.8) is 0 Å². The minimum Gasteiger partial charge on any atom is -0.382 e. The van der Waals surface area contributed by atoms with Crippen LogP contribution in [-0.2, 0) is 17.5 Å². The fraction of sp³-hybridized carbons (Fsp3) is 0.462. The molecule has 1 aromatic rings. The summed E-state index contributed by atoms with van der Waals surface area (Å²) in [6.45, 7) is 1.80. The average Bonchev–Trinajstić information content (AvgIpc) is 2.67. The molecule has 4 heterocycles. The van der Waals surface area contributed by atoms with E-state index >= 15 is 0 Å². The molecule has 1 aromatic heterocycles. The lowest BCUT2D eigenvalue weighted by Gasteiger charge is -2.47. The van der Waals surface area contributed by atoms with E-state index in [1.807, 2.05) is 36.3 Å². The van der Waals surface area contributed by atoms with Gasteiger partial charge in [0.1, 0.15) is 5.84 Å². The van der Waals surface area contributed by atoms with Crippen molar-refractivity contribution in [3.8, 4) is 0 Å². The summed E-state index contributed by atoms with van der Waals surface area (Å²) in [6, 6.07) is -0.292. The lowest BCUT2D eigenvalue weighted by atomic mass is 9.99. The van der Waals surface area contributed by atoms with E-state index in [2.05, 4.69) is 5.16 Å². The molecule has 0 saturated heterocycles. The van der Waals surface area contributed by atoms with Gasteiger partial charge in [-0.3, -0.25) is 0 Å². The van der Waals surface area contributed by atoms with Gasteiger partial charge in [-0.1, -0.05) is 17.3 Å². The van der Waals surface area contributed by atoms with E-state index in [0.717, 1.165) is 4.57 Å². The van der Waals surface area contributed by atoms with Crippen molar-refractivity contribution in [1.29, 1.82) is 0 Å². The highest BCUT2D eigenvalue weighted by atomic mass is 16.6. The maximum absolute atomic E-state index is 12.6. The highest BCUT2D eigenvalue weighted by Gasteiger charge is 2.53. The number of hydrogen-bond donors (Lipinski definition) is 0. The molecule has 0 N–H and O–H groups in total. The van der Waals surface area contributed by atoms with Crippen LogP contribution in [0.5, 0.6) is 0 Å². The fourth-order valence-electron chi connectivity index (χ4n) is 3.26. The second-order valence-corrected chi connectivity index (χ2v) is 5.52. The van der Waals surface area contributed by atoms with Crippen molar-refractivity contribution >= 4 is 5.84 Å². The van der Waals surface area contributed by atoms with Gasteiger partial charge < -0.3 is 9.74 Å². The molecule has 4 aliphatic rings. The van der Waals surface area contributed by atoms with E-state index in [1.54, 1.807) is 6.92 Å². The molecule has 8 heteroatoms. The SMILES string of the molecule is CC1=NO[C@@H]2C=C[C@@H]3C=C[C@@]2(N1C)n1c(=O)n(C)c(=O)n13. The predicted molar refractivity (Wildman–Crippen MR) is 75.0 cm³/mol. The van der Waals surface area contributed by atoms with Crippen LogP contribution in [0, 0.1) is 0 Å². The van der Waals surface area contributed by atoms with Crippen LogP contribution in [0.15, 0.2) is 39.0 Å². The van der Waals surface area contributed by atoms with Gasteiger partial charge in [0.25, 0.3) is 0 Å².